The zero-order valence-electron chi connectivity index (χ0n) is 11.7. The van der Waals surface area contributed by atoms with Crippen molar-refractivity contribution in [3.63, 3.8) is 0 Å². The van der Waals surface area contributed by atoms with Gasteiger partial charge in [0.05, 0.1) is 6.54 Å². The van der Waals surface area contributed by atoms with Crippen LogP contribution >= 0.6 is 15.9 Å². The van der Waals surface area contributed by atoms with Crippen LogP contribution in [0.3, 0.4) is 0 Å². The Labute approximate surface area is 128 Å². The molecule has 0 radical (unpaired) electrons. The molecule has 0 N–H and O–H groups in total. The fourth-order valence-corrected chi connectivity index (χ4v) is 1.78. The third kappa shape index (κ3) is 5.94. The molecule has 0 aliphatic carbocycles. The Balaban J connectivity index is 2.69. The fraction of sp³-hybridized carbons (Fsp3) is 0.312. The van der Waals surface area contributed by atoms with Gasteiger partial charge in [-0.15, -0.1) is 11.8 Å². The maximum atomic E-state index is 12.2. The van der Waals surface area contributed by atoms with E-state index in [1.807, 2.05) is 31.2 Å². The van der Waals surface area contributed by atoms with Gasteiger partial charge in [-0.2, -0.15) is 0 Å². The molecule has 0 heterocycles. The number of nitrogens with zero attached hydrogens (tertiary/aromatic N) is 1. The summed E-state index contributed by atoms with van der Waals surface area (Å²) >= 11 is 3.42. The van der Waals surface area contributed by atoms with Crippen molar-refractivity contribution in [1.82, 2.24) is 4.90 Å². The lowest BCUT2D eigenvalue weighted by molar-refractivity contribution is 0.158. The summed E-state index contributed by atoms with van der Waals surface area (Å²) in [5.74, 6) is 6.32. The van der Waals surface area contributed by atoms with E-state index in [0.717, 1.165) is 4.48 Å². The minimum Gasteiger partial charge on any atom is -0.410 e. The second-order valence-corrected chi connectivity index (χ2v) is 5.03. The van der Waals surface area contributed by atoms with Crippen molar-refractivity contribution in [1.29, 1.82) is 0 Å². The molecule has 0 spiro atoms. The summed E-state index contributed by atoms with van der Waals surface area (Å²) in [7, 11) is 0. The Hall–Kier alpha value is -1.73. The van der Waals surface area contributed by atoms with E-state index in [-0.39, 0.29) is 6.09 Å². The highest BCUT2D eigenvalue weighted by Crippen LogP contribution is 2.13. The number of halogens is 1. The fourth-order valence-electron chi connectivity index (χ4n) is 1.48. The first-order valence-electron chi connectivity index (χ1n) is 6.39. The van der Waals surface area contributed by atoms with E-state index in [4.69, 9.17) is 4.74 Å². The van der Waals surface area contributed by atoms with Crippen LogP contribution in [0.25, 0.3) is 0 Å². The van der Waals surface area contributed by atoms with Crippen LogP contribution in [0.15, 0.2) is 40.9 Å². The Bertz CT molecular complexity index is 514. The van der Waals surface area contributed by atoms with Gasteiger partial charge in [-0.3, -0.25) is 0 Å². The maximum Gasteiger partial charge on any atom is 0.415 e. The monoisotopic (exact) mass is 335 g/mol. The Morgan fingerprint density at radius 3 is 2.70 bits per heavy atom. The third-order valence-corrected chi connectivity index (χ3v) is 3.25. The van der Waals surface area contributed by atoms with Crippen LogP contribution in [-0.4, -0.2) is 24.1 Å². The van der Waals surface area contributed by atoms with Crippen LogP contribution in [0.4, 0.5) is 4.79 Å². The lowest BCUT2D eigenvalue weighted by Gasteiger charge is -2.20. The summed E-state index contributed by atoms with van der Waals surface area (Å²) < 4.78 is 6.28. The van der Waals surface area contributed by atoms with Gasteiger partial charge in [-0.1, -0.05) is 40.2 Å². The van der Waals surface area contributed by atoms with Gasteiger partial charge in [-0.25, -0.2) is 4.79 Å². The van der Waals surface area contributed by atoms with E-state index in [1.54, 1.807) is 24.0 Å². The second-order valence-electron chi connectivity index (χ2n) is 4.01. The van der Waals surface area contributed by atoms with Crippen molar-refractivity contribution in [2.24, 2.45) is 0 Å². The standard InChI is InChI=1S/C16H18BrNO2/c1-3-5-9-12-18(13-14(17)4-2)16(19)20-15-10-7-6-8-11-15/h4,6-8,10-11H,9,12-13H2,1-2H3/b14-4+. The highest BCUT2D eigenvalue weighted by Gasteiger charge is 2.15. The zero-order chi connectivity index (χ0) is 14.8. The predicted octanol–water partition coefficient (Wildman–Crippen LogP) is 4.20. The summed E-state index contributed by atoms with van der Waals surface area (Å²) in [5, 5.41) is 0. The van der Waals surface area contributed by atoms with Gasteiger partial charge < -0.3 is 9.64 Å². The van der Waals surface area contributed by atoms with E-state index >= 15 is 0 Å². The molecule has 4 heteroatoms. The molecular formula is C16H18BrNO2. The second kappa shape index (κ2) is 9.22. The van der Waals surface area contributed by atoms with Crippen molar-refractivity contribution in [3.05, 3.63) is 40.9 Å². The molecule has 1 rings (SSSR count). The topological polar surface area (TPSA) is 29.5 Å². The van der Waals surface area contributed by atoms with Gasteiger partial charge in [0.25, 0.3) is 0 Å². The minimum absolute atomic E-state index is 0.368. The van der Waals surface area contributed by atoms with E-state index in [2.05, 4.69) is 27.8 Å². The van der Waals surface area contributed by atoms with Crippen molar-refractivity contribution in [3.8, 4) is 17.6 Å². The molecule has 0 fully saturated rings. The molecule has 0 aliphatic heterocycles. The number of allylic oxidation sites excluding steroid dienone is 1. The maximum absolute atomic E-state index is 12.2. The molecule has 0 atom stereocenters. The lowest BCUT2D eigenvalue weighted by Crippen LogP contribution is -2.35. The number of carbonyl (C=O) groups excluding carboxylic acids is 1. The largest absolute Gasteiger partial charge is 0.415 e. The van der Waals surface area contributed by atoms with Crippen LogP contribution in [-0.2, 0) is 0 Å². The quantitative estimate of drug-likeness (QED) is 0.754. The number of benzene rings is 1. The van der Waals surface area contributed by atoms with Gasteiger partial charge in [0, 0.05) is 17.4 Å². The number of ether oxygens (including phenoxy) is 1. The van der Waals surface area contributed by atoms with Gasteiger partial charge in [0.1, 0.15) is 5.75 Å². The number of hydrogen-bond acceptors (Lipinski definition) is 2. The van der Waals surface area contributed by atoms with Crippen molar-refractivity contribution in [2.75, 3.05) is 13.1 Å². The normalized spacial score (nSPS) is 10.4. The van der Waals surface area contributed by atoms with Crippen LogP contribution in [0.5, 0.6) is 5.75 Å². The highest BCUT2D eigenvalue weighted by molar-refractivity contribution is 9.11. The summed E-state index contributed by atoms with van der Waals surface area (Å²) in [6.07, 6.45) is 2.17. The van der Waals surface area contributed by atoms with Crippen LogP contribution in [0.1, 0.15) is 20.3 Å². The molecule has 0 unspecified atom stereocenters. The molecular weight excluding hydrogens is 318 g/mol. The Morgan fingerprint density at radius 2 is 2.10 bits per heavy atom. The van der Waals surface area contributed by atoms with Crippen LogP contribution < -0.4 is 4.74 Å². The zero-order valence-corrected chi connectivity index (χ0v) is 13.3. The van der Waals surface area contributed by atoms with Crippen LogP contribution in [0.2, 0.25) is 0 Å². The summed E-state index contributed by atoms with van der Waals surface area (Å²) in [6.45, 7) is 4.72. The van der Waals surface area contributed by atoms with Gasteiger partial charge in [-0.05, 0) is 26.0 Å². The van der Waals surface area contributed by atoms with Crippen molar-refractivity contribution >= 4 is 22.0 Å². The minimum atomic E-state index is -0.368. The molecule has 0 saturated heterocycles. The number of hydrogen-bond donors (Lipinski definition) is 0. The molecule has 0 aromatic heterocycles. The summed E-state index contributed by atoms with van der Waals surface area (Å²) in [4.78, 5) is 13.8. The SMILES string of the molecule is CC#CCCN(C/C(Br)=C\C)C(=O)Oc1ccccc1. The van der Waals surface area contributed by atoms with Crippen molar-refractivity contribution < 1.29 is 9.53 Å². The summed E-state index contributed by atoms with van der Waals surface area (Å²) in [5.41, 5.74) is 0. The first-order chi connectivity index (χ1) is 9.67. The number of carbonyl (C=O) groups is 1. The Kier molecular flexibility index (Phi) is 7.52. The molecule has 1 aromatic carbocycles. The average Bonchev–Trinajstić information content (AvgIpc) is 2.47. The molecule has 3 nitrogen and oxygen atoms in total. The van der Waals surface area contributed by atoms with Gasteiger partial charge in [0.2, 0.25) is 0 Å². The van der Waals surface area contributed by atoms with Crippen molar-refractivity contribution in [2.45, 2.75) is 20.3 Å². The molecule has 106 valence electrons. The first kappa shape index (κ1) is 16.3. The van der Waals surface area contributed by atoms with Gasteiger partial charge >= 0.3 is 6.09 Å². The number of para-hydroxylation sites is 1. The average molecular weight is 336 g/mol. The Morgan fingerprint density at radius 1 is 1.40 bits per heavy atom. The molecule has 1 aromatic rings. The molecule has 0 bridgehead atoms. The third-order valence-electron chi connectivity index (χ3n) is 2.55. The molecule has 1 amide bonds. The van der Waals surface area contributed by atoms with Gasteiger partial charge in [0.15, 0.2) is 0 Å². The predicted molar refractivity (Wildman–Crippen MR) is 84.8 cm³/mol. The molecule has 20 heavy (non-hydrogen) atoms. The van der Waals surface area contributed by atoms with Crippen LogP contribution in [0, 0.1) is 11.8 Å². The van der Waals surface area contributed by atoms with E-state index in [0.29, 0.717) is 25.3 Å². The summed E-state index contributed by atoms with van der Waals surface area (Å²) in [6, 6.07) is 9.05. The molecule has 0 saturated carbocycles. The number of amides is 1. The van der Waals surface area contributed by atoms with E-state index in [9.17, 15) is 4.79 Å². The number of rotatable bonds is 5. The first-order valence-corrected chi connectivity index (χ1v) is 7.18. The molecule has 0 aliphatic rings. The smallest absolute Gasteiger partial charge is 0.410 e. The van der Waals surface area contributed by atoms with E-state index in [1.165, 1.54) is 0 Å². The lowest BCUT2D eigenvalue weighted by atomic mass is 10.3. The highest BCUT2D eigenvalue weighted by atomic mass is 79.9. The van der Waals surface area contributed by atoms with E-state index < -0.39 is 0 Å².